The number of hydrogen-bond acceptors (Lipinski definition) is 3. The van der Waals surface area contributed by atoms with Crippen molar-refractivity contribution < 1.29 is 13.9 Å². The van der Waals surface area contributed by atoms with Gasteiger partial charge in [-0.3, -0.25) is 0 Å². The number of methoxy groups -OCH3 is 2. The Bertz CT molecular complexity index is 386. The first-order valence-electron chi connectivity index (χ1n) is 6.12. The molecule has 0 aliphatic heterocycles. The van der Waals surface area contributed by atoms with E-state index >= 15 is 0 Å². The highest BCUT2D eigenvalue weighted by Gasteiger charge is 2.39. The van der Waals surface area contributed by atoms with Gasteiger partial charge < -0.3 is 13.9 Å². The molecule has 102 valence electrons. The smallest absolute Gasteiger partial charge is 0.250 e. The van der Waals surface area contributed by atoms with E-state index in [1.165, 1.54) is 0 Å². The summed E-state index contributed by atoms with van der Waals surface area (Å²) in [6.45, 7) is 11.1. The topological polar surface area (TPSA) is 27.7 Å². The second-order valence-corrected chi connectivity index (χ2v) is 10.6. The zero-order valence-corrected chi connectivity index (χ0v) is 13.5. The molecule has 3 nitrogen and oxygen atoms in total. The molecular formula is C14H24O3Si. The fourth-order valence-electron chi connectivity index (χ4n) is 1.29. The van der Waals surface area contributed by atoms with Crippen LogP contribution in [0.15, 0.2) is 18.2 Å². The Kier molecular flexibility index (Phi) is 4.32. The summed E-state index contributed by atoms with van der Waals surface area (Å²) in [5.74, 6) is 2.32. The average molecular weight is 268 g/mol. The van der Waals surface area contributed by atoms with Crippen LogP contribution in [0, 0.1) is 0 Å². The first-order valence-corrected chi connectivity index (χ1v) is 9.02. The highest BCUT2D eigenvalue weighted by Crippen LogP contribution is 2.38. The average Bonchev–Trinajstić information content (AvgIpc) is 2.26. The standard InChI is InChI=1S/C14H24O3Si/c1-14(2,3)18(6,7)17-13-9-11(15-4)8-12(10-13)16-5/h8-10H,1-7H3. The molecule has 0 radical (unpaired) electrons. The Hall–Kier alpha value is -1.16. The lowest BCUT2D eigenvalue weighted by atomic mass is 10.2. The molecule has 1 aromatic carbocycles. The van der Waals surface area contributed by atoms with Gasteiger partial charge in [0.1, 0.15) is 17.2 Å². The number of rotatable bonds is 4. The second-order valence-electron chi connectivity index (χ2n) is 5.91. The van der Waals surface area contributed by atoms with E-state index in [9.17, 15) is 0 Å². The fraction of sp³-hybridized carbons (Fsp3) is 0.571. The lowest BCUT2D eigenvalue weighted by molar-refractivity contribution is 0.388. The molecule has 0 aromatic heterocycles. The van der Waals surface area contributed by atoms with Crippen LogP contribution in [0.4, 0.5) is 0 Å². The summed E-state index contributed by atoms with van der Waals surface area (Å²) in [5, 5.41) is 0.170. The van der Waals surface area contributed by atoms with Crippen molar-refractivity contribution in [3.05, 3.63) is 18.2 Å². The van der Waals surface area contributed by atoms with Crippen molar-refractivity contribution in [1.29, 1.82) is 0 Å². The van der Waals surface area contributed by atoms with Gasteiger partial charge in [-0.15, -0.1) is 0 Å². The Morgan fingerprint density at radius 1 is 0.833 bits per heavy atom. The molecule has 1 aromatic rings. The summed E-state index contributed by atoms with van der Waals surface area (Å²) in [4.78, 5) is 0. The van der Waals surface area contributed by atoms with E-state index in [2.05, 4.69) is 33.9 Å². The Morgan fingerprint density at radius 3 is 1.56 bits per heavy atom. The van der Waals surface area contributed by atoms with Crippen LogP contribution in [0.1, 0.15) is 20.8 Å². The third kappa shape index (κ3) is 3.42. The van der Waals surface area contributed by atoms with E-state index < -0.39 is 8.32 Å². The SMILES string of the molecule is COc1cc(OC)cc(O[Si](C)(C)C(C)(C)C)c1. The maximum atomic E-state index is 6.23. The molecule has 0 unspecified atom stereocenters. The molecule has 18 heavy (non-hydrogen) atoms. The van der Waals surface area contributed by atoms with Gasteiger partial charge >= 0.3 is 0 Å². The van der Waals surface area contributed by atoms with Gasteiger partial charge in [0.15, 0.2) is 0 Å². The van der Waals surface area contributed by atoms with Gasteiger partial charge in [0.05, 0.1) is 14.2 Å². The summed E-state index contributed by atoms with van der Waals surface area (Å²) >= 11 is 0. The summed E-state index contributed by atoms with van der Waals surface area (Å²) < 4.78 is 16.7. The van der Waals surface area contributed by atoms with E-state index in [0.717, 1.165) is 17.2 Å². The normalized spacial score (nSPS) is 12.2. The quantitative estimate of drug-likeness (QED) is 0.770. The monoisotopic (exact) mass is 268 g/mol. The Labute approximate surface area is 111 Å². The second kappa shape index (κ2) is 5.22. The van der Waals surface area contributed by atoms with Gasteiger partial charge in [0.25, 0.3) is 0 Å². The van der Waals surface area contributed by atoms with Crippen LogP contribution in [-0.4, -0.2) is 22.5 Å². The van der Waals surface area contributed by atoms with E-state index in [1.54, 1.807) is 14.2 Å². The predicted molar refractivity (Wildman–Crippen MR) is 77.4 cm³/mol. The number of ether oxygens (including phenoxy) is 2. The summed E-state index contributed by atoms with van der Waals surface area (Å²) in [7, 11) is 1.46. The van der Waals surface area contributed by atoms with Crippen LogP contribution < -0.4 is 13.9 Å². The molecule has 0 spiro atoms. The van der Waals surface area contributed by atoms with E-state index in [-0.39, 0.29) is 5.04 Å². The molecule has 0 amide bonds. The molecule has 0 atom stereocenters. The maximum absolute atomic E-state index is 6.23. The largest absolute Gasteiger partial charge is 0.543 e. The van der Waals surface area contributed by atoms with Gasteiger partial charge in [-0.1, -0.05) is 20.8 Å². The van der Waals surface area contributed by atoms with Gasteiger partial charge in [-0.2, -0.15) is 0 Å². The fourth-order valence-corrected chi connectivity index (χ4v) is 2.30. The third-order valence-electron chi connectivity index (χ3n) is 3.50. The van der Waals surface area contributed by atoms with Crippen molar-refractivity contribution in [3.63, 3.8) is 0 Å². The third-order valence-corrected chi connectivity index (χ3v) is 7.86. The minimum Gasteiger partial charge on any atom is -0.543 e. The number of hydrogen-bond donors (Lipinski definition) is 0. The molecule has 0 bridgehead atoms. The summed E-state index contributed by atoms with van der Waals surface area (Å²) in [6.07, 6.45) is 0. The summed E-state index contributed by atoms with van der Waals surface area (Å²) in [5.41, 5.74) is 0. The minimum atomic E-state index is -1.83. The van der Waals surface area contributed by atoms with E-state index in [1.807, 2.05) is 18.2 Å². The maximum Gasteiger partial charge on any atom is 0.250 e. The van der Waals surface area contributed by atoms with Crippen molar-refractivity contribution in [2.24, 2.45) is 0 Å². The molecule has 0 fully saturated rings. The van der Waals surface area contributed by atoms with Crippen LogP contribution in [0.5, 0.6) is 17.2 Å². The highest BCUT2D eigenvalue weighted by atomic mass is 28.4. The van der Waals surface area contributed by atoms with Gasteiger partial charge in [0, 0.05) is 18.2 Å². The van der Waals surface area contributed by atoms with Crippen LogP contribution >= 0.6 is 0 Å². The van der Waals surface area contributed by atoms with Gasteiger partial charge in [-0.05, 0) is 18.1 Å². The van der Waals surface area contributed by atoms with E-state index in [4.69, 9.17) is 13.9 Å². The zero-order chi connectivity index (χ0) is 14.0. The number of benzene rings is 1. The van der Waals surface area contributed by atoms with Gasteiger partial charge in [-0.25, -0.2) is 0 Å². The summed E-state index contributed by atoms with van der Waals surface area (Å²) in [6, 6.07) is 5.66. The molecule has 0 saturated carbocycles. The Morgan fingerprint density at radius 2 is 1.22 bits per heavy atom. The van der Waals surface area contributed by atoms with Gasteiger partial charge in [0.2, 0.25) is 8.32 Å². The molecule has 4 heteroatoms. The van der Waals surface area contributed by atoms with Crippen LogP contribution in [0.3, 0.4) is 0 Å². The van der Waals surface area contributed by atoms with Crippen molar-refractivity contribution in [1.82, 2.24) is 0 Å². The molecule has 0 saturated heterocycles. The predicted octanol–water partition coefficient (Wildman–Crippen LogP) is 4.09. The Balaban J connectivity index is 3.04. The highest BCUT2D eigenvalue weighted by molar-refractivity contribution is 6.74. The lowest BCUT2D eigenvalue weighted by Crippen LogP contribution is -2.43. The van der Waals surface area contributed by atoms with Crippen molar-refractivity contribution in [2.75, 3.05) is 14.2 Å². The van der Waals surface area contributed by atoms with Crippen molar-refractivity contribution in [3.8, 4) is 17.2 Å². The molecule has 1 rings (SSSR count). The molecule has 0 N–H and O–H groups in total. The van der Waals surface area contributed by atoms with Crippen molar-refractivity contribution in [2.45, 2.75) is 38.9 Å². The lowest BCUT2D eigenvalue weighted by Gasteiger charge is -2.36. The van der Waals surface area contributed by atoms with Crippen molar-refractivity contribution >= 4 is 8.32 Å². The minimum absolute atomic E-state index is 0.170. The van der Waals surface area contributed by atoms with Crippen LogP contribution in [0.25, 0.3) is 0 Å². The molecule has 0 heterocycles. The first kappa shape index (κ1) is 14.9. The zero-order valence-electron chi connectivity index (χ0n) is 12.5. The molecule has 0 aliphatic rings. The first-order chi connectivity index (χ1) is 8.19. The molecular weight excluding hydrogens is 244 g/mol. The van der Waals surface area contributed by atoms with E-state index in [0.29, 0.717) is 0 Å². The van der Waals surface area contributed by atoms with Crippen LogP contribution in [-0.2, 0) is 0 Å². The molecule has 0 aliphatic carbocycles. The van der Waals surface area contributed by atoms with Crippen LogP contribution in [0.2, 0.25) is 18.1 Å².